The Morgan fingerprint density at radius 2 is 1.85 bits per heavy atom. The molecular weight excluding hydrogens is 248 g/mol. The van der Waals surface area contributed by atoms with Gasteiger partial charge >= 0.3 is 0 Å². The Bertz CT molecular complexity index is 621. The lowest BCUT2D eigenvalue weighted by Crippen LogP contribution is -2.26. The molecule has 1 fully saturated rings. The van der Waals surface area contributed by atoms with E-state index in [2.05, 4.69) is 24.3 Å². The van der Waals surface area contributed by atoms with Crippen molar-refractivity contribution in [3.8, 4) is 11.5 Å². The molecule has 2 aromatic rings. The first-order chi connectivity index (χ1) is 9.83. The largest absolute Gasteiger partial charge is 0.508 e. The summed E-state index contributed by atoms with van der Waals surface area (Å²) in [4.78, 5) is 0. The maximum atomic E-state index is 9.74. The highest BCUT2D eigenvalue weighted by Gasteiger charge is 2.41. The third-order valence-electron chi connectivity index (χ3n) is 4.73. The van der Waals surface area contributed by atoms with Crippen LogP contribution in [0.3, 0.4) is 0 Å². The van der Waals surface area contributed by atoms with E-state index in [1.54, 1.807) is 6.07 Å². The standard InChI is InChI=1S/C18H18O2/c19-13-9-10-17-16(11-13)14-7-4-8-15(14)18(20-17)12-5-2-1-3-6-12/h1-3,5-6,9-11,14-15,18-19H,4,7-8H2/t14-,15+,18+/m1/s1. The van der Waals surface area contributed by atoms with E-state index in [4.69, 9.17) is 4.74 Å². The lowest BCUT2D eigenvalue weighted by Gasteiger charge is -2.36. The zero-order chi connectivity index (χ0) is 13.5. The Kier molecular flexibility index (Phi) is 2.69. The lowest BCUT2D eigenvalue weighted by molar-refractivity contribution is 0.104. The maximum absolute atomic E-state index is 9.74. The van der Waals surface area contributed by atoms with Crippen molar-refractivity contribution in [1.29, 1.82) is 0 Å². The Morgan fingerprint density at radius 3 is 2.70 bits per heavy atom. The molecule has 102 valence electrons. The number of hydrogen-bond acceptors (Lipinski definition) is 2. The van der Waals surface area contributed by atoms with Crippen LogP contribution in [0.25, 0.3) is 0 Å². The third kappa shape index (κ3) is 1.79. The zero-order valence-corrected chi connectivity index (χ0v) is 11.3. The van der Waals surface area contributed by atoms with Crippen molar-refractivity contribution in [2.24, 2.45) is 5.92 Å². The fourth-order valence-electron chi connectivity index (χ4n) is 3.85. The van der Waals surface area contributed by atoms with Gasteiger partial charge in [-0.15, -0.1) is 0 Å². The van der Waals surface area contributed by atoms with Crippen molar-refractivity contribution in [3.05, 3.63) is 59.7 Å². The lowest BCUT2D eigenvalue weighted by atomic mass is 9.80. The molecule has 0 aromatic heterocycles. The van der Waals surface area contributed by atoms with Crippen LogP contribution in [0, 0.1) is 5.92 Å². The van der Waals surface area contributed by atoms with Crippen LogP contribution in [0.1, 0.15) is 42.4 Å². The van der Waals surface area contributed by atoms with E-state index in [0.29, 0.717) is 17.6 Å². The fourth-order valence-corrected chi connectivity index (χ4v) is 3.85. The van der Waals surface area contributed by atoms with Gasteiger partial charge < -0.3 is 9.84 Å². The topological polar surface area (TPSA) is 29.5 Å². The molecule has 3 atom stereocenters. The van der Waals surface area contributed by atoms with Crippen molar-refractivity contribution >= 4 is 0 Å². The Balaban J connectivity index is 1.79. The molecule has 2 heteroatoms. The Hall–Kier alpha value is -1.96. The predicted molar refractivity (Wildman–Crippen MR) is 78.0 cm³/mol. The van der Waals surface area contributed by atoms with Gasteiger partial charge in [0, 0.05) is 11.5 Å². The van der Waals surface area contributed by atoms with Crippen molar-refractivity contribution in [2.75, 3.05) is 0 Å². The van der Waals surface area contributed by atoms with Crippen molar-refractivity contribution in [3.63, 3.8) is 0 Å². The number of aromatic hydroxyl groups is 1. The minimum Gasteiger partial charge on any atom is -0.508 e. The zero-order valence-electron chi connectivity index (χ0n) is 11.3. The summed E-state index contributed by atoms with van der Waals surface area (Å²) in [6, 6.07) is 16.0. The molecule has 0 spiro atoms. The van der Waals surface area contributed by atoms with Gasteiger partial charge in [0.1, 0.15) is 17.6 Å². The summed E-state index contributed by atoms with van der Waals surface area (Å²) < 4.78 is 6.28. The van der Waals surface area contributed by atoms with Crippen LogP contribution in [0.15, 0.2) is 48.5 Å². The smallest absolute Gasteiger partial charge is 0.127 e. The molecule has 1 heterocycles. The summed E-state index contributed by atoms with van der Waals surface area (Å²) in [5, 5.41) is 9.74. The SMILES string of the molecule is Oc1ccc2c(c1)[C@@H]1CCC[C@@H]1[C@H](c1ccccc1)O2. The van der Waals surface area contributed by atoms with Gasteiger partial charge in [0.15, 0.2) is 0 Å². The molecule has 2 aliphatic rings. The second-order valence-corrected chi connectivity index (χ2v) is 5.87. The summed E-state index contributed by atoms with van der Waals surface area (Å²) in [7, 11) is 0. The second-order valence-electron chi connectivity index (χ2n) is 5.87. The Morgan fingerprint density at radius 1 is 1.00 bits per heavy atom. The molecule has 0 unspecified atom stereocenters. The fraction of sp³-hybridized carbons (Fsp3) is 0.333. The molecular formula is C18H18O2. The Labute approximate surface area is 119 Å². The van der Waals surface area contributed by atoms with E-state index < -0.39 is 0 Å². The minimum atomic E-state index is 0.153. The van der Waals surface area contributed by atoms with Gasteiger partial charge in [0.05, 0.1) is 0 Å². The monoisotopic (exact) mass is 266 g/mol. The van der Waals surface area contributed by atoms with Crippen LogP contribution < -0.4 is 4.74 Å². The highest BCUT2D eigenvalue weighted by atomic mass is 16.5. The van der Waals surface area contributed by atoms with E-state index in [-0.39, 0.29) is 6.10 Å². The molecule has 1 aliphatic heterocycles. The number of phenolic OH excluding ortho intramolecular Hbond substituents is 1. The summed E-state index contributed by atoms with van der Waals surface area (Å²) in [6.45, 7) is 0. The third-order valence-corrected chi connectivity index (χ3v) is 4.73. The van der Waals surface area contributed by atoms with Gasteiger partial charge in [-0.25, -0.2) is 0 Å². The van der Waals surface area contributed by atoms with Gasteiger partial charge in [-0.2, -0.15) is 0 Å². The van der Waals surface area contributed by atoms with Crippen molar-refractivity contribution in [1.82, 2.24) is 0 Å². The normalized spacial score (nSPS) is 27.5. The van der Waals surface area contributed by atoms with Crippen molar-refractivity contribution in [2.45, 2.75) is 31.3 Å². The molecule has 0 amide bonds. The van der Waals surface area contributed by atoms with Gasteiger partial charge in [-0.05, 0) is 42.5 Å². The predicted octanol–water partition coefficient (Wildman–Crippen LogP) is 4.41. The van der Waals surface area contributed by atoms with Crippen LogP contribution in [0.4, 0.5) is 0 Å². The first-order valence-corrected chi connectivity index (χ1v) is 7.37. The number of hydrogen-bond donors (Lipinski definition) is 1. The van der Waals surface area contributed by atoms with E-state index >= 15 is 0 Å². The van der Waals surface area contributed by atoms with E-state index in [1.807, 2.05) is 18.2 Å². The number of phenols is 1. The highest BCUT2D eigenvalue weighted by molar-refractivity contribution is 5.45. The summed E-state index contributed by atoms with van der Waals surface area (Å²) in [5.74, 6) is 2.35. The van der Waals surface area contributed by atoms with Crippen molar-refractivity contribution < 1.29 is 9.84 Å². The molecule has 1 aliphatic carbocycles. The van der Waals surface area contributed by atoms with Crippen LogP contribution in [-0.4, -0.2) is 5.11 Å². The van der Waals surface area contributed by atoms with Gasteiger partial charge in [0.25, 0.3) is 0 Å². The molecule has 1 saturated carbocycles. The number of fused-ring (bicyclic) bond motifs is 3. The quantitative estimate of drug-likeness (QED) is 0.828. The molecule has 0 saturated heterocycles. The van der Waals surface area contributed by atoms with E-state index in [0.717, 1.165) is 5.75 Å². The second kappa shape index (κ2) is 4.55. The first kappa shape index (κ1) is 11.8. The average molecular weight is 266 g/mol. The molecule has 2 aromatic carbocycles. The number of ether oxygens (including phenoxy) is 1. The van der Waals surface area contributed by atoms with Crippen LogP contribution in [0.5, 0.6) is 11.5 Å². The van der Waals surface area contributed by atoms with Gasteiger partial charge in [0.2, 0.25) is 0 Å². The van der Waals surface area contributed by atoms with Gasteiger partial charge in [-0.1, -0.05) is 36.8 Å². The minimum absolute atomic E-state index is 0.153. The number of rotatable bonds is 1. The molecule has 2 nitrogen and oxygen atoms in total. The number of benzene rings is 2. The van der Waals surface area contributed by atoms with Gasteiger partial charge in [-0.3, -0.25) is 0 Å². The first-order valence-electron chi connectivity index (χ1n) is 7.37. The summed E-state index contributed by atoms with van der Waals surface area (Å²) in [6.07, 6.45) is 3.81. The summed E-state index contributed by atoms with van der Waals surface area (Å²) in [5.41, 5.74) is 2.46. The maximum Gasteiger partial charge on any atom is 0.127 e. The van der Waals surface area contributed by atoms with E-state index in [1.165, 1.54) is 30.4 Å². The molecule has 1 N–H and O–H groups in total. The highest BCUT2D eigenvalue weighted by Crippen LogP contribution is 2.54. The molecule has 20 heavy (non-hydrogen) atoms. The molecule has 0 radical (unpaired) electrons. The van der Waals surface area contributed by atoms with Crippen LogP contribution in [-0.2, 0) is 0 Å². The van der Waals surface area contributed by atoms with E-state index in [9.17, 15) is 5.11 Å². The summed E-state index contributed by atoms with van der Waals surface area (Å²) >= 11 is 0. The molecule has 0 bridgehead atoms. The van der Waals surface area contributed by atoms with Crippen LogP contribution in [0.2, 0.25) is 0 Å². The average Bonchev–Trinajstić information content (AvgIpc) is 2.97. The van der Waals surface area contributed by atoms with Crippen LogP contribution >= 0.6 is 0 Å². The molecule has 4 rings (SSSR count).